The van der Waals surface area contributed by atoms with Gasteiger partial charge < -0.3 is 9.80 Å². The van der Waals surface area contributed by atoms with Gasteiger partial charge in [-0.15, -0.1) is 0 Å². The number of piperidine rings is 1. The molecule has 0 radical (unpaired) electrons. The third-order valence-electron chi connectivity index (χ3n) is 4.61. The lowest BCUT2D eigenvalue weighted by Crippen LogP contribution is -2.43. The second-order valence-corrected chi connectivity index (χ2v) is 7.12. The summed E-state index contributed by atoms with van der Waals surface area (Å²) in [7, 11) is 3.85. The van der Waals surface area contributed by atoms with E-state index < -0.39 is 0 Å². The van der Waals surface area contributed by atoms with E-state index in [2.05, 4.69) is 30.1 Å². The van der Waals surface area contributed by atoms with Gasteiger partial charge in [0.15, 0.2) is 0 Å². The van der Waals surface area contributed by atoms with Crippen LogP contribution in [0.5, 0.6) is 0 Å². The van der Waals surface area contributed by atoms with E-state index in [1.165, 1.54) is 5.56 Å². The van der Waals surface area contributed by atoms with Gasteiger partial charge in [0.1, 0.15) is 0 Å². The third kappa shape index (κ3) is 4.42. The lowest BCUT2D eigenvalue weighted by molar-refractivity contribution is -0.133. The molecule has 1 aromatic carbocycles. The molecule has 0 bridgehead atoms. The van der Waals surface area contributed by atoms with Gasteiger partial charge in [-0.25, -0.2) is 4.98 Å². The number of likely N-dealkylation sites (tertiary alicyclic amines) is 1. The van der Waals surface area contributed by atoms with Crippen molar-refractivity contribution in [3.63, 3.8) is 0 Å². The molecule has 0 aliphatic carbocycles. The van der Waals surface area contributed by atoms with Crippen molar-refractivity contribution in [2.45, 2.75) is 25.7 Å². The summed E-state index contributed by atoms with van der Waals surface area (Å²) < 4.78 is 0. The van der Waals surface area contributed by atoms with Crippen molar-refractivity contribution >= 4 is 5.91 Å². The molecular weight excluding hydrogens is 312 g/mol. The van der Waals surface area contributed by atoms with E-state index in [-0.39, 0.29) is 11.8 Å². The number of aryl methyl sites for hydroxylation is 1. The van der Waals surface area contributed by atoms with E-state index >= 15 is 0 Å². The molecule has 0 saturated carbocycles. The zero-order valence-electron chi connectivity index (χ0n) is 15.3. The topological polar surface area (TPSA) is 49.3 Å². The molecule has 5 heteroatoms. The summed E-state index contributed by atoms with van der Waals surface area (Å²) in [6.07, 6.45) is 5.73. The fourth-order valence-electron chi connectivity index (χ4n) is 3.34. The molecule has 1 fully saturated rings. The van der Waals surface area contributed by atoms with Crippen LogP contribution in [0.15, 0.2) is 36.7 Å². The minimum atomic E-state index is 0.192. The number of hydrogen-bond acceptors (Lipinski definition) is 4. The number of aromatic nitrogens is 2. The summed E-state index contributed by atoms with van der Waals surface area (Å²) in [5.74, 6) is 0.453. The molecule has 0 N–H and O–H groups in total. The maximum Gasteiger partial charge on any atom is 0.236 e. The normalized spacial score (nSPS) is 17.8. The van der Waals surface area contributed by atoms with Gasteiger partial charge in [0.2, 0.25) is 5.91 Å². The maximum atomic E-state index is 12.4. The summed E-state index contributed by atoms with van der Waals surface area (Å²) >= 11 is 0. The second kappa shape index (κ2) is 7.74. The van der Waals surface area contributed by atoms with Crippen LogP contribution in [-0.2, 0) is 4.79 Å². The van der Waals surface area contributed by atoms with E-state index in [4.69, 9.17) is 4.98 Å². The van der Waals surface area contributed by atoms with Crippen molar-refractivity contribution in [3.8, 4) is 11.3 Å². The highest BCUT2D eigenvalue weighted by Gasteiger charge is 2.26. The molecule has 1 saturated heterocycles. The monoisotopic (exact) mass is 338 g/mol. The maximum absolute atomic E-state index is 12.4. The number of nitrogens with zero attached hydrogens (tertiary/aromatic N) is 4. The molecule has 0 spiro atoms. The van der Waals surface area contributed by atoms with E-state index in [0.717, 1.165) is 42.9 Å². The minimum absolute atomic E-state index is 0.192. The van der Waals surface area contributed by atoms with E-state index in [1.54, 1.807) is 0 Å². The van der Waals surface area contributed by atoms with Gasteiger partial charge in [-0.3, -0.25) is 9.78 Å². The Kier molecular flexibility index (Phi) is 5.43. The zero-order chi connectivity index (χ0) is 17.8. The van der Waals surface area contributed by atoms with Gasteiger partial charge in [0.05, 0.1) is 24.1 Å². The molecule has 1 aliphatic heterocycles. The largest absolute Gasteiger partial charge is 0.341 e. The van der Waals surface area contributed by atoms with Gasteiger partial charge in [-0.1, -0.05) is 23.8 Å². The van der Waals surface area contributed by atoms with Gasteiger partial charge in [0, 0.05) is 30.8 Å². The highest BCUT2D eigenvalue weighted by molar-refractivity contribution is 5.78. The summed E-state index contributed by atoms with van der Waals surface area (Å²) in [6.45, 7) is 4.12. The molecule has 2 heterocycles. The molecule has 5 nitrogen and oxygen atoms in total. The number of rotatable bonds is 4. The summed E-state index contributed by atoms with van der Waals surface area (Å²) in [6, 6.07) is 8.31. The minimum Gasteiger partial charge on any atom is -0.341 e. The number of likely N-dealkylation sites (N-methyl/N-ethyl adjacent to an activating group) is 1. The zero-order valence-corrected chi connectivity index (χ0v) is 15.3. The van der Waals surface area contributed by atoms with Crippen LogP contribution >= 0.6 is 0 Å². The molecule has 2 aromatic rings. The standard InChI is InChI=1S/C20H26N4O/c1-15-6-4-7-16(10-15)18-11-21-12-19(22-18)17-8-5-9-24(13-17)20(25)14-23(2)3/h4,6-7,10-12,17H,5,8-9,13-14H2,1-3H3. The summed E-state index contributed by atoms with van der Waals surface area (Å²) in [5, 5.41) is 0. The predicted octanol–water partition coefficient (Wildman–Crippen LogP) is 2.72. The fraction of sp³-hybridized carbons (Fsp3) is 0.450. The van der Waals surface area contributed by atoms with Crippen molar-refractivity contribution in [1.82, 2.24) is 19.8 Å². The Bertz CT molecular complexity index is 744. The fourth-order valence-corrected chi connectivity index (χ4v) is 3.34. The summed E-state index contributed by atoms with van der Waals surface area (Å²) in [4.78, 5) is 25.5. The van der Waals surface area contributed by atoms with Crippen molar-refractivity contribution in [2.75, 3.05) is 33.7 Å². The van der Waals surface area contributed by atoms with Crippen LogP contribution in [0.25, 0.3) is 11.3 Å². The van der Waals surface area contributed by atoms with Gasteiger partial charge in [-0.2, -0.15) is 0 Å². The highest BCUT2D eigenvalue weighted by Crippen LogP contribution is 2.27. The van der Waals surface area contributed by atoms with Crippen LogP contribution in [0.2, 0.25) is 0 Å². The van der Waals surface area contributed by atoms with Gasteiger partial charge in [-0.05, 0) is 39.9 Å². The van der Waals surface area contributed by atoms with Gasteiger partial charge >= 0.3 is 0 Å². The second-order valence-electron chi connectivity index (χ2n) is 7.12. The first-order valence-corrected chi connectivity index (χ1v) is 8.84. The lowest BCUT2D eigenvalue weighted by atomic mass is 9.94. The number of benzene rings is 1. The van der Waals surface area contributed by atoms with Crippen molar-refractivity contribution in [1.29, 1.82) is 0 Å². The average molecular weight is 338 g/mol. The van der Waals surface area contributed by atoms with Crippen LogP contribution in [0.4, 0.5) is 0 Å². The average Bonchev–Trinajstić information content (AvgIpc) is 2.61. The molecule has 1 aromatic heterocycles. The van der Waals surface area contributed by atoms with Crippen LogP contribution in [0.3, 0.4) is 0 Å². The Morgan fingerprint density at radius 1 is 1.32 bits per heavy atom. The van der Waals surface area contributed by atoms with Crippen molar-refractivity contribution < 1.29 is 4.79 Å². The Morgan fingerprint density at radius 2 is 2.16 bits per heavy atom. The third-order valence-corrected chi connectivity index (χ3v) is 4.61. The van der Waals surface area contributed by atoms with Crippen molar-refractivity contribution in [2.24, 2.45) is 0 Å². The van der Waals surface area contributed by atoms with Crippen LogP contribution in [0.1, 0.15) is 30.0 Å². The first-order chi connectivity index (χ1) is 12.0. The van der Waals surface area contributed by atoms with E-state index in [9.17, 15) is 4.79 Å². The van der Waals surface area contributed by atoms with Crippen LogP contribution in [0, 0.1) is 6.92 Å². The quantitative estimate of drug-likeness (QED) is 0.860. The number of hydrogen-bond donors (Lipinski definition) is 0. The van der Waals surface area contributed by atoms with Crippen LogP contribution < -0.4 is 0 Å². The number of carbonyl (C=O) groups is 1. The Balaban J connectivity index is 1.77. The highest BCUT2D eigenvalue weighted by atomic mass is 16.2. The molecule has 1 amide bonds. The molecule has 3 rings (SSSR count). The molecule has 1 unspecified atom stereocenters. The van der Waals surface area contributed by atoms with Crippen molar-refractivity contribution in [3.05, 3.63) is 47.9 Å². The lowest BCUT2D eigenvalue weighted by Gasteiger charge is -2.33. The molecule has 25 heavy (non-hydrogen) atoms. The predicted molar refractivity (Wildman–Crippen MR) is 99.3 cm³/mol. The Hall–Kier alpha value is -2.27. The smallest absolute Gasteiger partial charge is 0.236 e. The molecule has 132 valence electrons. The first kappa shape index (κ1) is 17.5. The molecule has 1 atom stereocenters. The van der Waals surface area contributed by atoms with Gasteiger partial charge in [0.25, 0.3) is 0 Å². The molecular formula is C20H26N4O. The summed E-state index contributed by atoms with van der Waals surface area (Å²) in [5.41, 5.74) is 4.19. The van der Waals surface area contributed by atoms with E-state index in [1.807, 2.05) is 42.4 Å². The molecule has 1 aliphatic rings. The Labute approximate surface area is 149 Å². The SMILES string of the molecule is Cc1cccc(-c2cncc(C3CCCN(C(=O)CN(C)C)C3)n2)c1. The first-order valence-electron chi connectivity index (χ1n) is 8.84. The Morgan fingerprint density at radius 3 is 2.92 bits per heavy atom. The van der Waals surface area contributed by atoms with Crippen LogP contribution in [-0.4, -0.2) is 59.4 Å². The number of amides is 1. The number of carbonyl (C=O) groups excluding carboxylic acids is 1. The van der Waals surface area contributed by atoms with E-state index in [0.29, 0.717) is 6.54 Å².